The normalized spacial score (nSPS) is 16.4. The molecule has 4 nitrogen and oxygen atoms in total. The van der Waals surface area contributed by atoms with Crippen LogP contribution in [0, 0.1) is 24.7 Å². The summed E-state index contributed by atoms with van der Waals surface area (Å²) in [7, 11) is -1.95. The molecule has 1 N–H and O–H groups in total. The third-order valence-corrected chi connectivity index (χ3v) is 5.97. The van der Waals surface area contributed by atoms with Gasteiger partial charge in [0.2, 0.25) is 10.0 Å². The van der Waals surface area contributed by atoms with E-state index in [1.165, 1.54) is 4.31 Å². The van der Waals surface area contributed by atoms with Crippen LogP contribution in [0.5, 0.6) is 0 Å². The zero-order chi connectivity index (χ0) is 15.6. The lowest BCUT2D eigenvalue weighted by molar-refractivity contribution is 0.350. The fourth-order valence-corrected chi connectivity index (χ4v) is 3.90. The second kappa shape index (κ2) is 6.18. The summed E-state index contributed by atoms with van der Waals surface area (Å²) in [5.41, 5.74) is 1.38. The van der Waals surface area contributed by atoms with Crippen LogP contribution in [0.25, 0.3) is 0 Å². The van der Waals surface area contributed by atoms with E-state index in [-0.39, 0.29) is 17.5 Å². The first-order valence-corrected chi connectivity index (χ1v) is 8.50. The number of sulfonamides is 1. The summed E-state index contributed by atoms with van der Waals surface area (Å²) in [6.45, 7) is 3.54. The minimum absolute atomic E-state index is 0.00467. The number of rotatable bonds is 4. The fraction of sp³-hybridized carbons (Fsp3) is 0.500. The molecule has 0 saturated heterocycles. The number of aliphatic hydroxyl groups is 1. The number of aryl methyl sites for hydroxylation is 1. The van der Waals surface area contributed by atoms with Crippen LogP contribution in [0.4, 0.5) is 0 Å². The lowest BCUT2D eigenvalue weighted by atomic mass is 10.1. The Morgan fingerprint density at radius 3 is 2.67 bits per heavy atom. The number of hydrogen-bond acceptors (Lipinski definition) is 3. The first kappa shape index (κ1) is 16.0. The topological polar surface area (TPSA) is 57.6 Å². The monoisotopic (exact) mass is 307 g/mol. The molecule has 0 bridgehead atoms. The molecule has 114 valence electrons. The Morgan fingerprint density at radius 1 is 1.43 bits per heavy atom. The van der Waals surface area contributed by atoms with Crippen molar-refractivity contribution < 1.29 is 13.5 Å². The van der Waals surface area contributed by atoms with Crippen LogP contribution >= 0.6 is 0 Å². The molecule has 1 fully saturated rings. The molecule has 1 atom stereocenters. The molecule has 1 aromatic carbocycles. The highest BCUT2D eigenvalue weighted by molar-refractivity contribution is 7.89. The molecule has 0 radical (unpaired) electrons. The van der Waals surface area contributed by atoms with Crippen LogP contribution in [-0.4, -0.2) is 37.5 Å². The zero-order valence-corrected chi connectivity index (χ0v) is 13.4. The van der Waals surface area contributed by atoms with E-state index in [2.05, 4.69) is 11.8 Å². The summed E-state index contributed by atoms with van der Waals surface area (Å²) in [5, 5.41) is 8.84. The van der Waals surface area contributed by atoms with Gasteiger partial charge in [-0.2, -0.15) is 4.31 Å². The standard InChI is InChI=1S/C16H21NO3S/c1-12-6-9-16(15(11-12)5-4-10-18)21(19,20)17(3)13(2)14-7-8-14/h6,9,11,13-14,18H,7-8,10H2,1-3H3. The van der Waals surface area contributed by atoms with E-state index in [1.807, 2.05) is 13.8 Å². The molecule has 1 saturated carbocycles. The molecular formula is C16H21NO3S. The van der Waals surface area contributed by atoms with E-state index in [9.17, 15) is 8.42 Å². The highest BCUT2D eigenvalue weighted by Gasteiger charge is 2.36. The predicted octanol–water partition coefficient (Wildman–Crippen LogP) is 1.76. The molecule has 1 aliphatic carbocycles. The maximum absolute atomic E-state index is 12.8. The van der Waals surface area contributed by atoms with Gasteiger partial charge in [0.25, 0.3) is 0 Å². The van der Waals surface area contributed by atoms with Gasteiger partial charge in [-0.1, -0.05) is 17.9 Å². The summed E-state index contributed by atoms with van der Waals surface area (Å²) in [6, 6.07) is 5.11. The van der Waals surface area contributed by atoms with Crippen LogP contribution in [0.3, 0.4) is 0 Å². The highest BCUT2D eigenvalue weighted by Crippen LogP contribution is 2.36. The molecule has 0 amide bonds. The summed E-state index contributed by atoms with van der Waals surface area (Å²) in [4.78, 5) is 0.212. The van der Waals surface area contributed by atoms with Crippen molar-refractivity contribution in [2.45, 2.75) is 37.6 Å². The first-order valence-electron chi connectivity index (χ1n) is 7.06. The van der Waals surface area contributed by atoms with Crippen LogP contribution in [-0.2, 0) is 10.0 Å². The molecule has 0 aromatic heterocycles. The van der Waals surface area contributed by atoms with E-state index in [0.717, 1.165) is 18.4 Å². The van der Waals surface area contributed by atoms with Crippen molar-refractivity contribution in [1.82, 2.24) is 4.31 Å². The van der Waals surface area contributed by atoms with Gasteiger partial charge in [-0.25, -0.2) is 8.42 Å². The van der Waals surface area contributed by atoms with Crippen LogP contribution < -0.4 is 0 Å². The summed E-state index contributed by atoms with van der Waals surface area (Å²) in [6.07, 6.45) is 2.18. The van der Waals surface area contributed by atoms with E-state index < -0.39 is 10.0 Å². The average molecular weight is 307 g/mol. The molecule has 2 rings (SSSR count). The second-order valence-electron chi connectivity index (χ2n) is 5.56. The molecule has 1 unspecified atom stereocenters. The lowest BCUT2D eigenvalue weighted by Gasteiger charge is -2.24. The SMILES string of the molecule is Cc1ccc(S(=O)(=O)N(C)C(C)C2CC2)c(C#CCO)c1. The average Bonchev–Trinajstić information content (AvgIpc) is 3.27. The first-order chi connectivity index (χ1) is 9.87. The molecule has 0 aliphatic heterocycles. The maximum Gasteiger partial charge on any atom is 0.244 e. The smallest absolute Gasteiger partial charge is 0.244 e. The van der Waals surface area contributed by atoms with Crippen LogP contribution in [0.2, 0.25) is 0 Å². The molecule has 1 aromatic rings. The number of hydrogen-bond donors (Lipinski definition) is 1. The fourth-order valence-electron chi connectivity index (χ4n) is 2.35. The Kier molecular flexibility index (Phi) is 4.72. The Morgan fingerprint density at radius 2 is 2.10 bits per heavy atom. The molecule has 0 spiro atoms. The number of nitrogens with zero attached hydrogens (tertiary/aromatic N) is 1. The van der Waals surface area contributed by atoms with Crippen molar-refractivity contribution in [2.24, 2.45) is 5.92 Å². The van der Waals surface area contributed by atoms with Crippen molar-refractivity contribution in [3.05, 3.63) is 29.3 Å². The van der Waals surface area contributed by atoms with Crippen LogP contribution in [0.15, 0.2) is 23.1 Å². The van der Waals surface area contributed by atoms with Crippen molar-refractivity contribution >= 4 is 10.0 Å². The van der Waals surface area contributed by atoms with E-state index in [1.54, 1.807) is 25.2 Å². The highest BCUT2D eigenvalue weighted by atomic mass is 32.2. The Labute approximate surface area is 126 Å². The molecular weight excluding hydrogens is 286 g/mol. The molecule has 0 heterocycles. The molecule has 1 aliphatic rings. The maximum atomic E-state index is 12.8. The van der Waals surface area contributed by atoms with Crippen molar-refractivity contribution in [3.8, 4) is 11.8 Å². The van der Waals surface area contributed by atoms with Gasteiger partial charge in [-0.05, 0) is 50.3 Å². The largest absolute Gasteiger partial charge is 0.384 e. The van der Waals surface area contributed by atoms with Gasteiger partial charge in [0.15, 0.2) is 0 Å². The van der Waals surface area contributed by atoms with E-state index in [4.69, 9.17) is 5.11 Å². The van der Waals surface area contributed by atoms with Crippen molar-refractivity contribution in [3.63, 3.8) is 0 Å². The minimum atomic E-state index is -3.57. The predicted molar refractivity (Wildman–Crippen MR) is 82.3 cm³/mol. The van der Waals surface area contributed by atoms with Crippen molar-refractivity contribution in [1.29, 1.82) is 0 Å². The number of aliphatic hydroxyl groups excluding tert-OH is 1. The Bertz CT molecular complexity index is 681. The second-order valence-corrected chi connectivity index (χ2v) is 7.52. The van der Waals surface area contributed by atoms with Gasteiger partial charge in [-0.3, -0.25) is 0 Å². The van der Waals surface area contributed by atoms with Gasteiger partial charge in [0, 0.05) is 18.7 Å². The van der Waals surface area contributed by atoms with Crippen molar-refractivity contribution in [2.75, 3.05) is 13.7 Å². The van der Waals surface area contributed by atoms with E-state index in [0.29, 0.717) is 11.5 Å². The Hall–Kier alpha value is -1.35. The van der Waals surface area contributed by atoms with Crippen LogP contribution in [0.1, 0.15) is 30.9 Å². The van der Waals surface area contributed by atoms with Gasteiger partial charge < -0.3 is 5.11 Å². The lowest BCUT2D eigenvalue weighted by Crippen LogP contribution is -2.36. The van der Waals surface area contributed by atoms with Gasteiger partial charge in [-0.15, -0.1) is 0 Å². The zero-order valence-electron chi connectivity index (χ0n) is 12.6. The quantitative estimate of drug-likeness (QED) is 0.862. The van der Waals surface area contributed by atoms with E-state index >= 15 is 0 Å². The third-order valence-electron chi connectivity index (χ3n) is 3.97. The van der Waals surface area contributed by atoms with Gasteiger partial charge in [0.1, 0.15) is 6.61 Å². The summed E-state index contributed by atoms with van der Waals surface area (Å²) >= 11 is 0. The Balaban J connectivity index is 2.43. The molecule has 5 heteroatoms. The third kappa shape index (κ3) is 3.46. The number of benzene rings is 1. The molecule has 21 heavy (non-hydrogen) atoms. The minimum Gasteiger partial charge on any atom is -0.384 e. The summed E-state index contributed by atoms with van der Waals surface area (Å²) < 4.78 is 27.0. The van der Waals surface area contributed by atoms with Gasteiger partial charge in [0.05, 0.1) is 4.90 Å². The summed E-state index contributed by atoms with van der Waals surface area (Å²) in [5.74, 6) is 5.73. The van der Waals surface area contributed by atoms with Gasteiger partial charge >= 0.3 is 0 Å².